The zero-order chi connectivity index (χ0) is 26.9. The van der Waals surface area contributed by atoms with Gasteiger partial charge in [0.25, 0.3) is 16.0 Å². The molecular formula is C27H32FN3O5S. The number of piperazine rings is 1. The highest BCUT2D eigenvalue weighted by atomic mass is 32.2. The number of carbonyl (C=O) groups is 1. The minimum absolute atomic E-state index is 0.0750. The number of hydrogen-bond acceptors (Lipinski definition) is 6. The molecular weight excluding hydrogens is 497 g/mol. The first-order chi connectivity index (χ1) is 17.4. The van der Waals surface area contributed by atoms with Gasteiger partial charge in [0, 0.05) is 63.0 Å². The van der Waals surface area contributed by atoms with E-state index < -0.39 is 10.1 Å². The smallest absolute Gasteiger partial charge is 0.294 e. The monoisotopic (exact) mass is 529 g/mol. The number of hydrogen-bond donors (Lipinski definition) is 1. The minimum Gasteiger partial charge on any atom is -0.483 e. The third-order valence-corrected chi connectivity index (χ3v) is 7.60. The van der Waals surface area contributed by atoms with Crippen molar-refractivity contribution < 1.29 is 26.9 Å². The third-order valence-electron chi connectivity index (χ3n) is 6.77. The Morgan fingerprint density at radius 2 is 1.76 bits per heavy atom. The number of anilines is 1. The van der Waals surface area contributed by atoms with Crippen molar-refractivity contribution >= 4 is 32.5 Å². The molecule has 1 N–H and O–H groups in total. The number of carbonyl (C=O) groups excluding carboxylic acids is 1. The van der Waals surface area contributed by atoms with Crippen molar-refractivity contribution in [1.29, 1.82) is 0 Å². The molecule has 1 saturated heterocycles. The van der Waals surface area contributed by atoms with Crippen LogP contribution in [-0.4, -0.2) is 74.6 Å². The van der Waals surface area contributed by atoms with Crippen molar-refractivity contribution in [3.63, 3.8) is 0 Å². The van der Waals surface area contributed by atoms with E-state index in [1.54, 1.807) is 23.1 Å². The maximum atomic E-state index is 13.2. The van der Waals surface area contributed by atoms with Gasteiger partial charge in [0.05, 0.1) is 4.90 Å². The zero-order valence-electron chi connectivity index (χ0n) is 21.4. The number of nitrogens with zero attached hydrogens (tertiary/aromatic N) is 3. The Hall–Kier alpha value is -3.21. The molecule has 0 spiro atoms. The van der Waals surface area contributed by atoms with Crippen molar-refractivity contribution in [3.05, 3.63) is 66.0 Å². The SMILES string of the molecule is C[C@@H]1CN(Cc2ccc(F)cc2)[C@@H](C)CN1C(=O)COc1cc(S(=O)(=O)O)cc2ccc(N(C)C)cc12. The fourth-order valence-electron chi connectivity index (χ4n) is 4.64. The second-order valence-electron chi connectivity index (χ2n) is 9.79. The lowest BCUT2D eigenvalue weighted by molar-refractivity contribution is -0.139. The number of halogens is 1. The third kappa shape index (κ3) is 6.20. The Balaban J connectivity index is 1.50. The van der Waals surface area contributed by atoms with Crippen LogP contribution in [0.25, 0.3) is 10.8 Å². The van der Waals surface area contributed by atoms with E-state index in [1.807, 2.05) is 45.0 Å². The molecule has 0 saturated carbocycles. The Labute approximate surface area is 217 Å². The summed E-state index contributed by atoms with van der Waals surface area (Å²) in [5, 5.41) is 1.21. The number of fused-ring (bicyclic) bond motifs is 1. The molecule has 198 valence electrons. The molecule has 10 heteroatoms. The summed E-state index contributed by atoms with van der Waals surface area (Å²) in [6, 6.07) is 14.5. The molecule has 1 heterocycles. The van der Waals surface area contributed by atoms with Crippen LogP contribution in [0.2, 0.25) is 0 Å². The van der Waals surface area contributed by atoms with Crippen LogP contribution < -0.4 is 9.64 Å². The average molecular weight is 530 g/mol. The predicted octanol–water partition coefficient (Wildman–Crippen LogP) is 3.79. The average Bonchev–Trinajstić information content (AvgIpc) is 2.84. The summed E-state index contributed by atoms with van der Waals surface area (Å²) in [6.45, 7) is 5.55. The Morgan fingerprint density at radius 3 is 2.41 bits per heavy atom. The molecule has 0 aromatic heterocycles. The van der Waals surface area contributed by atoms with Crippen molar-refractivity contribution in [2.24, 2.45) is 0 Å². The molecule has 4 rings (SSSR count). The summed E-state index contributed by atoms with van der Waals surface area (Å²) in [4.78, 5) is 18.8. The first-order valence-electron chi connectivity index (χ1n) is 12.1. The molecule has 3 aromatic carbocycles. The van der Waals surface area contributed by atoms with Gasteiger partial charge in [0.2, 0.25) is 0 Å². The molecule has 3 aromatic rings. The maximum Gasteiger partial charge on any atom is 0.294 e. The highest BCUT2D eigenvalue weighted by Gasteiger charge is 2.32. The Morgan fingerprint density at radius 1 is 1.05 bits per heavy atom. The lowest BCUT2D eigenvalue weighted by atomic mass is 10.1. The van der Waals surface area contributed by atoms with E-state index in [-0.39, 0.29) is 41.1 Å². The van der Waals surface area contributed by atoms with Gasteiger partial charge in [-0.05, 0) is 55.1 Å². The number of rotatable bonds is 7. The zero-order valence-corrected chi connectivity index (χ0v) is 22.2. The van der Waals surface area contributed by atoms with Crippen LogP contribution in [-0.2, 0) is 21.5 Å². The standard InChI is InChI=1S/C27H32FN3O5S/c1-18-15-31(19(2)14-30(18)16-20-5-8-22(28)9-6-20)27(32)17-36-26-13-24(37(33,34)35)11-21-7-10-23(29(3)4)12-25(21)26/h5-13,18-19H,14-17H2,1-4H3,(H,33,34,35)/t18-,19+/m0/s1. The van der Waals surface area contributed by atoms with Crippen LogP contribution in [0.5, 0.6) is 5.75 Å². The molecule has 1 amide bonds. The summed E-state index contributed by atoms with van der Waals surface area (Å²) in [7, 11) is -0.695. The summed E-state index contributed by atoms with van der Waals surface area (Å²) in [5.41, 5.74) is 1.88. The maximum absolute atomic E-state index is 13.2. The second-order valence-corrected chi connectivity index (χ2v) is 11.2. The van der Waals surface area contributed by atoms with Gasteiger partial charge in [-0.3, -0.25) is 14.2 Å². The molecule has 37 heavy (non-hydrogen) atoms. The fourth-order valence-corrected chi connectivity index (χ4v) is 5.18. The highest BCUT2D eigenvalue weighted by molar-refractivity contribution is 7.85. The quantitative estimate of drug-likeness (QED) is 0.466. The van der Waals surface area contributed by atoms with Crippen LogP contribution in [0.4, 0.5) is 10.1 Å². The highest BCUT2D eigenvalue weighted by Crippen LogP contribution is 2.33. The van der Waals surface area contributed by atoms with E-state index in [9.17, 15) is 22.2 Å². The molecule has 0 radical (unpaired) electrons. The fraction of sp³-hybridized carbons (Fsp3) is 0.370. The molecule has 0 unspecified atom stereocenters. The predicted molar refractivity (Wildman–Crippen MR) is 141 cm³/mol. The Bertz CT molecular complexity index is 1400. The van der Waals surface area contributed by atoms with Gasteiger partial charge in [-0.2, -0.15) is 8.42 Å². The number of benzene rings is 3. The first-order valence-corrected chi connectivity index (χ1v) is 13.5. The minimum atomic E-state index is -4.46. The van der Waals surface area contributed by atoms with E-state index in [2.05, 4.69) is 4.90 Å². The van der Waals surface area contributed by atoms with E-state index in [0.717, 1.165) is 11.3 Å². The summed E-state index contributed by atoms with van der Waals surface area (Å²) < 4.78 is 52.4. The van der Waals surface area contributed by atoms with Crippen LogP contribution in [0, 0.1) is 5.82 Å². The van der Waals surface area contributed by atoms with Crippen molar-refractivity contribution in [2.75, 3.05) is 38.7 Å². The number of amides is 1. The summed E-state index contributed by atoms with van der Waals surface area (Å²) in [5.74, 6) is -0.277. The van der Waals surface area contributed by atoms with E-state index in [1.165, 1.54) is 24.3 Å². The summed E-state index contributed by atoms with van der Waals surface area (Å²) in [6.07, 6.45) is 0. The van der Waals surface area contributed by atoms with Crippen LogP contribution in [0.3, 0.4) is 0 Å². The van der Waals surface area contributed by atoms with Crippen molar-refractivity contribution in [3.8, 4) is 5.75 Å². The molecule has 0 bridgehead atoms. The normalized spacial score (nSPS) is 18.7. The van der Waals surface area contributed by atoms with Gasteiger partial charge >= 0.3 is 0 Å². The van der Waals surface area contributed by atoms with Gasteiger partial charge in [-0.25, -0.2) is 4.39 Å². The van der Waals surface area contributed by atoms with Crippen LogP contribution >= 0.6 is 0 Å². The molecule has 1 fully saturated rings. The van der Waals surface area contributed by atoms with E-state index in [4.69, 9.17) is 4.74 Å². The number of ether oxygens (including phenoxy) is 1. The van der Waals surface area contributed by atoms with E-state index >= 15 is 0 Å². The molecule has 1 aliphatic heterocycles. The summed E-state index contributed by atoms with van der Waals surface area (Å²) >= 11 is 0. The van der Waals surface area contributed by atoms with Gasteiger partial charge < -0.3 is 14.5 Å². The van der Waals surface area contributed by atoms with Gasteiger partial charge in [0.1, 0.15) is 11.6 Å². The van der Waals surface area contributed by atoms with Gasteiger partial charge in [-0.15, -0.1) is 0 Å². The van der Waals surface area contributed by atoms with E-state index in [0.29, 0.717) is 30.4 Å². The lowest BCUT2D eigenvalue weighted by Crippen LogP contribution is -2.58. The van der Waals surface area contributed by atoms with Crippen molar-refractivity contribution in [2.45, 2.75) is 37.4 Å². The van der Waals surface area contributed by atoms with Gasteiger partial charge in [-0.1, -0.05) is 18.2 Å². The largest absolute Gasteiger partial charge is 0.483 e. The second kappa shape index (κ2) is 10.6. The molecule has 2 atom stereocenters. The van der Waals surface area contributed by atoms with Crippen LogP contribution in [0.1, 0.15) is 19.4 Å². The first kappa shape index (κ1) is 26.8. The molecule has 1 aliphatic rings. The molecule has 0 aliphatic carbocycles. The van der Waals surface area contributed by atoms with Gasteiger partial charge in [0.15, 0.2) is 6.61 Å². The lowest BCUT2D eigenvalue weighted by Gasteiger charge is -2.44. The molecule has 8 nitrogen and oxygen atoms in total. The Kier molecular flexibility index (Phi) is 7.72. The van der Waals surface area contributed by atoms with Crippen molar-refractivity contribution in [1.82, 2.24) is 9.80 Å². The van der Waals surface area contributed by atoms with Crippen LogP contribution in [0.15, 0.2) is 59.5 Å². The topological polar surface area (TPSA) is 90.4 Å².